The molecule has 1 N–H and O–H groups in total. The van der Waals surface area contributed by atoms with Crippen molar-refractivity contribution >= 4 is 17.7 Å². The van der Waals surface area contributed by atoms with Crippen molar-refractivity contribution in [3.05, 3.63) is 36.3 Å². The first-order valence-corrected chi connectivity index (χ1v) is 8.98. The predicted octanol–water partition coefficient (Wildman–Crippen LogP) is 1.01. The smallest absolute Gasteiger partial charge is 0.338 e. The molecule has 2 atom stereocenters. The number of amides is 1. The molecule has 3 rings (SSSR count). The Hall–Kier alpha value is -2.78. The second-order valence-electron chi connectivity index (χ2n) is 7.52. The Morgan fingerprint density at radius 3 is 2.68 bits per heavy atom. The number of hydrogen-bond donors (Lipinski definition) is 1. The standard InChI is InChI=1S/C19H24N4O5/c1-12-11-14(21-23(12)13-5-7-20-8-6-13)22-9-10-27-16(17(22)25)15(24)18(26)28-19(2,3)4/h5-8,11,15-16,24H,9-10H2,1-4H3/t15-,16-/m1/s1. The van der Waals surface area contributed by atoms with Crippen molar-refractivity contribution < 1.29 is 24.2 Å². The van der Waals surface area contributed by atoms with Gasteiger partial charge in [0, 0.05) is 24.2 Å². The van der Waals surface area contributed by atoms with Crippen molar-refractivity contribution in [2.75, 3.05) is 18.1 Å². The molecule has 1 aliphatic heterocycles. The number of carbonyl (C=O) groups is 2. The quantitative estimate of drug-likeness (QED) is 0.779. The molecule has 1 saturated heterocycles. The van der Waals surface area contributed by atoms with Crippen molar-refractivity contribution in [3.63, 3.8) is 0 Å². The number of aryl methyl sites for hydroxylation is 1. The Kier molecular flexibility index (Phi) is 5.48. The first-order chi connectivity index (χ1) is 13.2. The molecule has 150 valence electrons. The number of nitrogens with zero attached hydrogens (tertiary/aromatic N) is 4. The summed E-state index contributed by atoms with van der Waals surface area (Å²) in [7, 11) is 0. The van der Waals surface area contributed by atoms with Gasteiger partial charge < -0.3 is 14.6 Å². The summed E-state index contributed by atoms with van der Waals surface area (Å²) in [6.45, 7) is 7.35. The Labute approximate surface area is 162 Å². The van der Waals surface area contributed by atoms with Crippen LogP contribution in [0.15, 0.2) is 30.6 Å². The van der Waals surface area contributed by atoms with Crippen LogP contribution in [0.5, 0.6) is 0 Å². The summed E-state index contributed by atoms with van der Waals surface area (Å²) in [6, 6.07) is 5.38. The summed E-state index contributed by atoms with van der Waals surface area (Å²) in [4.78, 5) is 30.4. The van der Waals surface area contributed by atoms with Gasteiger partial charge in [-0.3, -0.25) is 14.7 Å². The number of hydrogen-bond acceptors (Lipinski definition) is 7. The maximum Gasteiger partial charge on any atom is 0.338 e. The van der Waals surface area contributed by atoms with E-state index < -0.39 is 29.7 Å². The first kappa shape index (κ1) is 20.0. The van der Waals surface area contributed by atoms with Crippen LogP contribution < -0.4 is 4.90 Å². The van der Waals surface area contributed by atoms with Gasteiger partial charge in [-0.05, 0) is 39.8 Å². The number of anilines is 1. The normalized spacial score (nSPS) is 18.8. The molecule has 0 spiro atoms. The molecule has 2 aromatic rings. The number of morpholine rings is 1. The molecule has 1 aliphatic rings. The SMILES string of the molecule is Cc1cc(N2CCO[C@H]([C@@H](O)C(=O)OC(C)(C)C)C2=O)nn1-c1ccncc1. The maximum atomic E-state index is 12.9. The van der Waals surface area contributed by atoms with E-state index in [0.29, 0.717) is 5.82 Å². The number of rotatable bonds is 4. The van der Waals surface area contributed by atoms with E-state index in [9.17, 15) is 14.7 Å². The Morgan fingerprint density at radius 2 is 2.04 bits per heavy atom. The third-order valence-corrected chi connectivity index (χ3v) is 4.12. The van der Waals surface area contributed by atoms with Crippen LogP contribution in [0.1, 0.15) is 26.5 Å². The van der Waals surface area contributed by atoms with E-state index in [2.05, 4.69) is 10.1 Å². The van der Waals surface area contributed by atoms with E-state index in [4.69, 9.17) is 9.47 Å². The van der Waals surface area contributed by atoms with Crippen LogP contribution in [0, 0.1) is 6.92 Å². The van der Waals surface area contributed by atoms with Gasteiger partial charge in [0.2, 0.25) is 0 Å². The van der Waals surface area contributed by atoms with Gasteiger partial charge in [-0.1, -0.05) is 0 Å². The van der Waals surface area contributed by atoms with E-state index in [-0.39, 0.29) is 13.2 Å². The summed E-state index contributed by atoms with van der Waals surface area (Å²) >= 11 is 0. The summed E-state index contributed by atoms with van der Waals surface area (Å²) in [5.41, 5.74) is 0.852. The van der Waals surface area contributed by atoms with Crippen molar-refractivity contribution in [1.29, 1.82) is 0 Å². The largest absolute Gasteiger partial charge is 0.458 e. The van der Waals surface area contributed by atoms with Crippen LogP contribution in [-0.4, -0.2) is 62.7 Å². The van der Waals surface area contributed by atoms with Gasteiger partial charge >= 0.3 is 5.97 Å². The highest BCUT2D eigenvalue weighted by molar-refractivity contribution is 5.99. The summed E-state index contributed by atoms with van der Waals surface area (Å²) in [6.07, 6.45) is 0.264. The van der Waals surface area contributed by atoms with E-state index in [0.717, 1.165) is 11.4 Å². The highest BCUT2D eigenvalue weighted by Gasteiger charge is 2.41. The highest BCUT2D eigenvalue weighted by atomic mass is 16.6. The number of aromatic nitrogens is 3. The number of ether oxygens (including phenoxy) is 2. The second kappa shape index (κ2) is 7.69. The van der Waals surface area contributed by atoms with Gasteiger partial charge in [0.05, 0.1) is 18.8 Å². The van der Waals surface area contributed by atoms with Gasteiger partial charge in [-0.2, -0.15) is 0 Å². The van der Waals surface area contributed by atoms with E-state index in [1.165, 1.54) is 4.90 Å². The molecular weight excluding hydrogens is 364 g/mol. The van der Waals surface area contributed by atoms with Crippen molar-refractivity contribution in [2.24, 2.45) is 0 Å². The maximum absolute atomic E-state index is 12.9. The average Bonchev–Trinajstić information content (AvgIpc) is 3.02. The molecule has 9 nitrogen and oxygen atoms in total. The lowest BCUT2D eigenvalue weighted by Gasteiger charge is -2.33. The molecule has 0 aromatic carbocycles. The van der Waals surface area contributed by atoms with Crippen molar-refractivity contribution in [1.82, 2.24) is 14.8 Å². The number of aliphatic hydroxyl groups is 1. The fourth-order valence-corrected chi connectivity index (χ4v) is 2.88. The minimum absolute atomic E-state index is 0.164. The molecule has 28 heavy (non-hydrogen) atoms. The molecule has 9 heteroatoms. The molecule has 0 unspecified atom stereocenters. The Morgan fingerprint density at radius 1 is 1.36 bits per heavy atom. The predicted molar refractivity (Wildman–Crippen MR) is 100 cm³/mol. The van der Waals surface area contributed by atoms with Crippen LogP contribution in [-0.2, 0) is 19.1 Å². The van der Waals surface area contributed by atoms with Gasteiger partial charge in [-0.15, -0.1) is 5.10 Å². The summed E-state index contributed by atoms with van der Waals surface area (Å²) in [5.74, 6) is -1.01. The molecule has 1 fully saturated rings. The van der Waals surface area contributed by atoms with Crippen LogP contribution in [0.2, 0.25) is 0 Å². The zero-order chi connectivity index (χ0) is 20.5. The van der Waals surface area contributed by atoms with E-state index >= 15 is 0 Å². The second-order valence-corrected chi connectivity index (χ2v) is 7.52. The monoisotopic (exact) mass is 388 g/mol. The van der Waals surface area contributed by atoms with Crippen LogP contribution in [0.4, 0.5) is 5.82 Å². The number of esters is 1. The number of carbonyl (C=O) groups excluding carboxylic acids is 2. The van der Waals surface area contributed by atoms with Crippen LogP contribution in [0.25, 0.3) is 5.69 Å². The Balaban J connectivity index is 1.80. The topological polar surface area (TPSA) is 107 Å². The molecule has 1 amide bonds. The first-order valence-electron chi connectivity index (χ1n) is 8.98. The lowest BCUT2D eigenvalue weighted by atomic mass is 10.1. The fourth-order valence-electron chi connectivity index (χ4n) is 2.88. The molecule has 0 saturated carbocycles. The van der Waals surface area contributed by atoms with Crippen molar-refractivity contribution in [3.8, 4) is 5.69 Å². The third kappa shape index (κ3) is 4.20. The fraction of sp³-hybridized carbons (Fsp3) is 0.474. The van der Waals surface area contributed by atoms with E-state index in [1.54, 1.807) is 56.0 Å². The molecule has 0 aliphatic carbocycles. The summed E-state index contributed by atoms with van der Waals surface area (Å²) < 4.78 is 12.2. The average molecular weight is 388 g/mol. The minimum atomic E-state index is -1.71. The Bertz CT molecular complexity index is 859. The molecule has 2 aromatic heterocycles. The molecule has 0 radical (unpaired) electrons. The molecular formula is C19H24N4O5. The number of aliphatic hydroxyl groups excluding tert-OH is 1. The van der Waals surface area contributed by atoms with E-state index in [1.807, 2.05) is 6.92 Å². The van der Waals surface area contributed by atoms with Gasteiger partial charge in [0.1, 0.15) is 5.60 Å². The summed E-state index contributed by atoms with van der Waals surface area (Å²) in [5, 5.41) is 14.8. The van der Waals surface area contributed by atoms with Crippen molar-refractivity contribution in [2.45, 2.75) is 45.5 Å². The molecule has 0 bridgehead atoms. The number of pyridine rings is 1. The zero-order valence-electron chi connectivity index (χ0n) is 16.3. The van der Waals surface area contributed by atoms with Crippen LogP contribution in [0.3, 0.4) is 0 Å². The molecule has 3 heterocycles. The third-order valence-electron chi connectivity index (χ3n) is 4.12. The lowest BCUT2D eigenvalue weighted by Crippen LogP contribution is -2.55. The van der Waals surface area contributed by atoms with Crippen LogP contribution >= 0.6 is 0 Å². The van der Waals surface area contributed by atoms with Gasteiger partial charge in [0.15, 0.2) is 18.0 Å². The van der Waals surface area contributed by atoms with Gasteiger partial charge in [0.25, 0.3) is 5.91 Å². The minimum Gasteiger partial charge on any atom is -0.458 e. The lowest BCUT2D eigenvalue weighted by molar-refractivity contribution is -0.177. The highest BCUT2D eigenvalue weighted by Crippen LogP contribution is 2.23. The van der Waals surface area contributed by atoms with Gasteiger partial charge in [-0.25, -0.2) is 9.48 Å². The zero-order valence-corrected chi connectivity index (χ0v) is 16.3.